The second-order valence-corrected chi connectivity index (χ2v) is 9.58. The number of rotatable bonds is 6. The Hall–Kier alpha value is -3.59. The van der Waals surface area contributed by atoms with Crippen LogP contribution in [0.2, 0.25) is 0 Å². The van der Waals surface area contributed by atoms with E-state index in [1.807, 2.05) is 4.72 Å². The van der Waals surface area contributed by atoms with Crippen molar-refractivity contribution in [3.05, 3.63) is 71.1 Å². The normalized spacial score (nSPS) is 12.1. The molecule has 0 spiro atoms. The van der Waals surface area contributed by atoms with Crippen LogP contribution in [-0.2, 0) is 23.2 Å². The van der Waals surface area contributed by atoms with E-state index in [0.717, 1.165) is 16.9 Å². The quantitative estimate of drug-likeness (QED) is 0.327. The molecule has 15 heteroatoms. The van der Waals surface area contributed by atoms with E-state index in [1.54, 1.807) is 0 Å². The van der Waals surface area contributed by atoms with Gasteiger partial charge >= 0.3 is 6.18 Å². The molecule has 0 unspecified atom stereocenters. The molecule has 184 valence electrons. The van der Waals surface area contributed by atoms with Crippen LogP contribution >= 0.6 is 11.3 Å². The molecule has 35 heavy (non-hydrogen) atoms. The van der Waals surface area contributed by atoms with Crippen LogP contribution in [-0.4, -0.2) is 23.2 Å². The zero-order chi connectivity index (χ0) is 25.5. The molecule has 0 atom stereocenters. The summed E-state index contributed by atoms with van der Waals surface area (Å²) < 4.78 is 113. The molecule has 7 nitrogen and oxygen atoms in total. The smallest absolute Gasteiger partial charge is 0.435 e. The minimum Gasteiger partial charge on any atom is -0.454 e. The van der Waals surface area contributed by atoms with Gasteiger partial charge in [0.05, 0.1) is 11.9 Å². The number of anilines is 1. The number of thiazole rings is 1. The fraction of sp³-hybridized carbons (Fsp3) is 0.100. The van der Waals surface area contributed by atoms with Crippen molar-refractivity contribution in [3.8, 4) is 22.8 Å². The van der Waals surface area contributed by atoms with E-state index >= 15 is 0 Å². The molecule has 2 aromatic heterocycles. The Kier molecular flexibility index (Phi) is 6.23. The van der Waals surface area contributed by atoms with Crippen LogP contribution in [0.5, 0.6) is 11.5 Å². The van der Waals surface area contributed by atoms with Crippen LogP contribution in [0.1, 0.15) is 5.69 Å². The van der Waals surface area contributed by atoms with E-state index in [4.69, 9.17) is 4.74 Å². The number of hydrogen-bond donors (Lipinski definition) is 1. The number of nitrogens with one attached hydrogen (secondary N) is 1. The Labute approximate surface area is 197 Å². The fourth-order valence-electron chi connectivity index (χ4n) is 2.96. The summed E-state index contributed by atoms with van der Waals surface area (Å²) in [7, 11) is -3.28. The Morgan fingerprint density at radius 3 is 2.29 bits per heavy atom. The highest BCUT2D eigenvalue weighted by Crippen LogP contribution is 2.34. The van der Waals surface area contributed by atoms with Gasteiger partial charge in [0.1, 0.15) is 16.5 Å². The van der Waals surface area contributed by atoms with E-state index in [1.165, 1.54) is 31.3 Å². The number of ether oxygens (including phenoxy) is 1. The molecule has 0 bridgehead atoms. The van der Waals surface area contributed by atoms with Gasteiger partial charge in [-0.05, 0) is 30.3 Å². The maximum absolute atomic E-state index is 14.5. The number of alkyl halides is 3. The van der Waals surface area contributed by atoms with Gasteiger partial charge in [0, 0.05) is 24.7 Å². The number of nitrogens with zero attached hydrogens (tertiary/aromatic N) is 3. The monoisotopic (exact) mass is 534 g/mol. The summed E-state index contributed by atoms with van der Waals surface area (Å²) in [6.07, 6.45) is -3.86. The first-order chi connectivity index (χ1) is 16.3. The second kappa shape index (κ2) is 8.88. The highest BCUT2D eigenvalue weighted by atomic mass is 32.2. The van der Waals surface area contributed by atoms with E-state index < -0.39 is 49.3 Å². The number of aromatic nitrogens is 3. The molecule has 0 aliphatic rings. The van der Waals surface area contributed by atoms with Crippen LogP contribution in [0, 0.1) is 16.8 Å². The molecule has 0 saturated heterocycles. The average molecular weight is 534 g/mol. The van der Waals surface area contributed by atoms with E-state index in [9.17, 15) is 34.8 Å². The van der Waals surface area contributed by atoms with Crippen LogP contribution in [0.4, 0.5) is 31.5 Å². The molecule has 0 saturated carbocycles. The number of sulfonamides is 1. The van der Waals surface area contributed by atoms with Gasteiger partial charge in [-0.2, -0.15) is 22.7 Å². The van der Waals surface area contributed by atoms with Crippen LogP contribution < -0.4 is 9.46 Å². The molecular formula is C20H12F6N4O3S2. The van der Waals surface area contributed by atoms with Crippen LogP contribution in [0.3, 0.4) is 0 Å². The van der Waals surface area contributed by atoms with E-state index in [2.05, 4.69) is 10.1 Å². The predicted octanol–water partition coefficient (Wildman–Crippen LogP) is 5.57. The van der Waals surface area contributed by atoms with Crippen LogP contribution in [0.15, 0.2) is 53.6 Å². The maximum Gasteiger partial charge on any atom is 0.435 e. The molecule has 1 N–H and O–H groups in total. The molecule has 4 aromatic rings. The first kappa shape index (κ1) is 24.5. The summed E-state index contributed by atoms with van der Waals surface area (Å²) in [5.74, 6) is -3.22. The summed E-state index contributed by atoms with van der Waals surface area (Å²) in [5, 5.41) is 2.26. The summed E-state index contributed by atoms with van der Waals surface area (Å²) in [6.45, 7) is 0. The third kappa shape index (κ3) is 5.24. The molecule has 0 aliphatic carbocycles. The first-order valence-electron chi connectivity index (χ1n) is 9.36. The van der Waals surface area contributed by atoms with Crippen molar-refractivity contribution in [1.82, 2.24) is 14.8 Å². The Morgan fingerprint density at radius 1 is 1.03 bits per heavy atom. The molecule has 2 aromatic carbocycles. The van der Waals surface area contributed by atoms with Gasteiger partial charge in [-0.1, -0.05) is 11.3 Å². The van der Waals surface area contributed by atoms with Crippen molar-refractivity contribution < 1.29 is 39.5 Å². The summed E-state index contributed by atoms with van der Waals surface area (Å²) in [6, 6.07) is 7.13. The van der Waals surface area contributed by atoms with Gasteiger partial charge in [0.15, 0.2) is 27.5 Å². The predicted molar refractivity (Wildman–Crippen MR) is 113 cm³/mol. The molecule has 0 amide bonds. The lowest BCUT2D eigenvalue weighted by Crippen LogP contribution is -2.15. The second-order valence-electron chi connectivity index (χ2n) is 6.95. The highest BCUT2D eigenvalue weighted by Gasteiger charge is 2.34. The first-order valence-corrected chi connectivity index (χ1v) is 11.7. The molecule has 4 rings (SSSR count). The van der Waals surface area contributed by atoms with Crippen molar-refractivity contribution in [2.75, 3.05) is 4.72 Å². The van der Waals surface area contributed by atoms with Gasteiger partial charge in [0.25, 0.3) is 10.0 Å². The Morgan fingerprint density at radius 2 is 1.71 bits per heavy atom. The fourth-order valence-corrected chi connectivity index (χ4v) is 4.82. The largest absolute Gasteiger partial charge is 0.454 e. The van der Waals surface area contributed by atoms with E-state index in [-0.39, 0.29) is 16.6 Å². The molecule has 0 radical (unpaired) electrons. The summed E-state index contributed by atoms with van der Waals surface area (Å²) in [4.78, 5) is 2.40. The molecular weight excluding hydrogens is 522 g/mol. The molecule has 0 fully saturated rings. The summed E-state index contributed by atoms with van der Waals surface area (Å²) in [5.41, 5.74) is -0.568. The molecule has 0 aliphatic heterocycles. The Bertz CT molecular complexity index is 1500. The summed E-state index contributed by atoms with van der Waals surface area (Å²) >= 11 is 0.357. The molecule has 2 heterocycles. The van der Waals surface area contributed by atoms with Gasteiger partial charge in [-0.25, -0.2) is 22.2 Å². The maximum atomic E-state index is 14.5. The Balaban J connectivity index is 1.55. The van der Waals surface area contributed by atoms with Gasteiger partial charge in [-0.3, -0.25) is 9.40 Å². The number of benzene rings is 2. The number of halogens is 6. The zero-order valence-corrected chi connectivity index (χ0v) is 18.9. The average Bonchev–Trinajstić information content (AvgIpc) is 3.35. The van der Waals surface area contributed by atoms with Crippen molar-refractivity contribution in [1.29, 1.82) is 0 Å². The minimum absolute atomic E-state index is 0.00254. The topological polar surface area (TPSA) is 86.1 Å². The standard InChI is InChI=1S/C20H12F6N4O3S2/c1-30-14(8-17(28-30)20(24,25)26)10-2-4-11(5-3-10)33-15-6-13(22)16(7-12(15)21)35(31,32)29-19-27-9-18(23)34-19/h2-9H,1H3,(H,27,29). The van der Waals surface area contributed by atoms with Gasteiger partial charge in [0.2, 0.25) is 0 Å². The minimum atomic E-state index is -4.62. The van der Waals surface area contributed by atoms with Crippen molar-refractivity contribution in [3.63, 3.8) is 0 Å². The third-order valence-corrected chi connectivity index (χ3v) is 6.71. The van der Waals surface area contributed by atoms with Gasteiger partial charge in [-0.15, -0.1) is 0 Å². The van der Waals surface area contributed by atoms with Crippen LogP contribution in [0.25, 0.3) is 11.3 Å². The lowest BCUT2D eigenvalue weighted by atomic mass is 10.1. The SMILES string of the molecule is Cn1nc(C(F)(F)F)cc1-c1ccc(Oc2cc(F)c(S(=O)(=O)Nc3ncc(F)s3)cc2F)cc1. The van der Waals surface area contributed by atoms with Crippen molar-refractivity contribution in [2.24, 2.45) is 7.05 Å². The van der Waals surface area contributed by atoms with Crippen molar-refractivity contribution >= 4 is 26.5 Å². The number of hydrogen-bond acceptors (Lipinski definition) is 6. The van der Waals surface area contributed by atoms with E-state index in [0.29, 0.717) is 29.0 Å². The lowest BCUT2D eigenvalue weighted by Gasteiger charge is -2.11. The lowest BCUT2D eigenvalue weighted by molar-refractivity contribution is -0.141. The van der Waals surface area contributed by atoms with Gasteiger partial charge < -0.3 is 4.74 Å². The number of aryl methyl sites for hydroxylation is 1. The van der Waals surface area contributed by atoms with Crippen molar-refractivity contribution in [2.45, 2.75) is 11.1 Å². The third-order valence-electron chi connectivity index (χ3n) is 4.52. The highest BCUT2D eigenvalue weighted by molar-refractivity contribution is 7.93. The zero-order valence-electron chi connectivity index (χ0n) is 17.3.